The van der Waals surface area contributed by atoms with Crippen LogP contribution in [0.15, 0.2) is 235 Å². The highest BCUT2D eigenvalue weighted by atomic mass is 35.5. The van der Waals surface area contributed by atoms with Crippen molar-refractivity contribution >= 4 is 132 Å². The Morgan fingerprint density at radius 3 is 0.988 bits per heavy atom. The standard InChI is InChI=1S/C75H57ClN2O4S2/c1-44-28-59(77(61-42-83-71-26-24-53(40-57(61)71)74(2,3)4)55-32-49(67-36-45-16-8-12-20-63(45)79-67)30-50(33-55)68-37-46-17-9-13-21-64(46)80-68)73(76)60(29-44)78(62-43-84-72-27-25-54(41-58(62)72)75(5,6)7)56-34-51(69-38-47-18-10-14-22-65(47)81-69)31-52(35-56)70-39-48-19-11-15-23-66(48)82-70/h8-43H,1-7H3. The van der Waals surface area contributed by atoms with Gasteiger partial charge in [-0.2, -0.15) is 0 Å². The van der Waals surface area contributed by atoms with Gasteiger partial charge in [-0.3, -0.25) is 0 Å². The third-order valence-corrected chi connectivity index (χ3v) is 18.5. The van der Waals surface area contributed by atoms with Crippen LogP contribution >= 0.6 is 34.3 Å². The molecule has 0 fully saturated rings. The number of hydrogen-bond donors (Lipinski definition) is 0. The highest BCUT2D eigenvalue weighted by Crippen LogP contribution is 2.54. The Bertz CT molecular complexity index is 4440. The molecule has 0 radical (unpaired) electrons. The fourth-order valence-electron chi connectivity index (χ4n) is 11.7. The van der Waals surface area contributed by atoms with Crippen LogP contribution < -0.4 is 9.80 Å². The van der Waals surface area contributed by atoms with Gasteiger partial charge in [-0.1, -0.05) is 138 Å². The van der Waals surface area contributed by atoms with E-state index in [4.69, 9.17) is 29.3 Å². The van der Waals surface area contributed by atoms with E-state index in [9.17, 15) is 0 Å². The van der Waals surface area contributed by atoms with E-state index in [0.717, 1.165) is 140 Å². The molecule has 6 aromatic heterocycles. The average molecular weight is 1150 g/mol. The molecule has 0 aliphatic carbocycles. The molecule has 6 heterocycles. The molecule has 0 N–H and O–H groups in total. The number of para-hydroxylation sites is 4. The van der Waals surface area contributed by atoms with Gasteiger partial charge in [-0.15, -0.1) is 22.7 Å². The summed E-state index contributed by atoms with van der Waals surface area (Å²) in [7, 11) is 0. The summed E-state index contributed by atoms with van der Waals surface area (Å²) in [4.78, 5) is 4.71. The van der Waals surface area contributed by atoms with Crippen LogP contribution in [0.5, 0.6) is 0 Å². The number of aryl methyl sites for hydroxylation is 1. The van der Waals surface area contributed by atoms with E-state index in [-0.39, 0.29) is 10.8 Å². The van der Waals surface area contributed by atoms with Crippen LogP contribution in [0.3, 0.4) is 0 Å². The molecule has 410 valence electrons. The van der Waals surface area contributed by atoms with E-state index >= 15 is 0 Å². The number of hydrogen-bond acceptors (Lipinski definition) is 8. The first-order chi connectivity index (χ1) is 40.6. The summed E-state index contributed by atoms with van der Waals surface area (Å²) in [6.07, 6.45) is 0. The van der Waals surface area contributed by atoms with Gasteiger partial charge in [0.2, 0.25) is 0 Å². The third-order valence-electron chi connectivity index (χ3n) is 16.2. The average Bonchev–Trinajstić information content (AvgIpc) is 3.79. The van der Waals surface area contributed by atoms with Crippen molar-refractivity contribution < 1.29 is 17.7 Å². The zero-order chi connectivity index (χ0) is 57.2. The van der Waals surface area contributed by atoms with E-state index < -0.39 is 0 Å². The maximum absolute atomic E-state index is 8.50. The number of nitrogens with zero attached hydrogens (tertiary/aromatic N) is 2. The predicted octanol–water partition coefficient (Wildman–Crippen LogP) is 24.3. The number of rotatable bonds is 10. The van der Waals surface area contributed by atoms with Crippen LogP contribution in [0, 0.1) is 6.92 Å². The molecule has 0 aliphatic rings. The van der Waals surface area contributed by atoms with E-state index in [1.807, 2.05) is 72.8 Å². The molecule has 15 aromatic rings. The van der Waals surface area contributed by atoms with Gasteiger partial charge < -0.3 is 27.5 Å². The van der Waals surface area contributed by atoms with Crippen molar-refractivity contribution in [3.63, 3.8) is 0 Å². The molecule has 0 atom stereocenters. The fourth-order valence-corrected chi connectivity index (χ4v) is 13.8. The van der Waals surface area contributed by atoms with Gasteiger partial charge in [-0.05, 0) is 156 Å². The molecule has 84 heavy (non-hydrogen) atoms. The van der Waals surface area contributed by atoms with Crippen LogP contribution in [0.2, 0.25) is 5.02 Å². The van der Waals surface area contributed by atoms with Crippen molar-refractivity contribution in [2.45, 2.75) is 59.3 Å². The minimum absolute atomic E-state index is 0.114. The summed E-state index contributed by atoms with van der Waals surface area (Å²) < 4.78 is 29.3. The van der Waals surface area contributed by atoms with Gasteiger partial charge >= 0.3 is 0 Å². The summed E-state index contributed by atoms with van der Waals surface area (Å²) in [5.41, 5.74) is 15.4. The smallest absolute Gasteiger partial charge is 0.135 e. The second kappa shape index (κ2) is 19.8. The quantitative estimate of drug-likeness (QED) is 0.136. The van der Waals surface area contributed by atoms with Crippen molar-refractivity contribution in [1.82, 2.24) is 0 Å². The first-order valence-electron chi connectivity index (χ1n) is 28.3. The number of anilines is 6. The molecule has 0 spiro atoms. The molecular weight excluding hydrogens is 1090 g/mol. The Morgan fingerprint density at radius 1 is 0.357 bits per heavy atom. The summed E-state index contributed by atoms with van der Waals surface area (Å²) in [6.45, 7) is 15.8. The van der Waals surface area contributed by atoms with Gasteiger partial charge in [0.25, 0.3) is 0 Å². The minimum Gasteiger partial charge on any atom is -0.456 e. The summed E-state index contributed by atoms with van der Waals surface area (Å²) in [5, 5.41) is 11.4. The normalized spacial score (nSPS) is 12.3. The summed E-state index contributed by atoms with van der Waals surface area (Å²) in [5.74, 6) is 2.97. The van der Waals surface area contributed by atoms with Crippen molar-refractivity contribution in [2.24, 2.45) is 0 Å². The SMILES string of the molecule is Cc1cc(N(c2cc(-c3cc4ccccc4o3)cc(-c3cc4ccccc4o3)c2)c2csc3ccc(C(C)(C)C)cc23)c(Cl)c(N(c2cc(-c3cc4ccccc4o3)cc(-c3cc4ccccc4o3)c2)c2csc3ccc(C(C)(C)C)cc23)c1. The van der Waals surface area contributed by atoms with Gasteiger partial charge in [-0.25, -0.2) is 0 Å². The Labute approximate surface area is 500 Å². The number of fused-ring (bicyclic) bond motifs is 6. The molecule has 0 aliphatic heterocycles. The Hall–Kier alpha value is -9.05. The van der Waals surface area contributed by atoms with E-state index in [1.165, 1.54) is 20.5 Å². The van der Waals surface area contributed by atoms with Gasteiger partial charge in [0, 0.05) is 86.1 Å². The van der Waals surface area contributed by atoms with Crippen LogP contribution in [0.25, 0.3) is 109 Å². The number of benzene rings is 9. The second-order valence-electron chi connectivity index (χ2n) is 24.1. The Kier molecular flexibility index (Phi) is 12.2. The third kappa shape index (κ3) is 9.17. The first-order valence-corrected chi connectivity index (χ1v) is 30.5. The largest absolute Gasteiger partial charge is 0.456 e. The first kappa shape index (κ1) is 51.8. The van der Waals surface area contributed by atoms with Crippen molar-refractivity contribution in [2.75, 3.05) is 9.80 Å². The van der Waals surface area contributed by atoms with Gasteiger partial charge in [0.1, 0.15) is 45.4 Å². The molecule has 0 bridgehead atoms. The molecule has 0 amide bonds. The monoisotopic (exact) mass is 1150 g/mol. The Balaban J connectivity index is 1.02. The summed E-state index contributed by atoms with van der Waals surface area (Å²) >= 11 is 12.0. The topological polar surface area (TPSA) is 59.0 Å². The lowest BCUT2D eigenvalue weighted by molar-refractivity contribution is 0.591. The molecule has 9 aromatic carbocycles. The number of halogens is 1. The predicted molar refractivity (Wildman–Crippen MR) is 355 cm³/mol. The highest BCUT2D eigenvalue weighted by Gasteiger charge is 2.30. The van der Waals surface area contributed by atoms with Crippen LogP contribution in [0.4, 0.5) is 34.1 Å². The zero-order valence-electron chi connectivity index (χ0n) is 47.5. The highest BCUT2D eigenvalue weighted by molar-refractivity contribution is 7.18. The van der Waals surface area contributed by atoms with Crippen molar-refractivity contribution in [3.05, 3.63) is 239 Å². The van der Waals surface area contributed by atoms with Crippen LogP contribution in [-0.4, -0.2) is 0 Å². The van der Waals surface area contributed by atoms with Crippen molar-refractivity contribution in [1.29, 1.82) is 0 Å². The van der Waals surface area contributed by atoms with Crippen molar-refractivity contribution in [3.8, 4) is 45.3 Å². The van der Waals surface area contributed by atoms with Gasteiger partial charge in [0.05, 0.1) is 27.8 Å². The number of furan rings is 4. The lowest BCUT2D eigenvalue weighted by Gasteiger charge is -2.32. The molecule has 15 rings (SSSR count). The fraction of sp³-hybridized carbons (Fsp3) is 0.120. The van der Waals surface area contributed by atoms with E-state index in [0.29, 0.717) is 5.02 Å². The molecule has 6 nitrogen and oxygen atoms in total. The molecule has 0 saturated heterocycles. The van der Waals surface area contributed by atoms with Gasteiger partial charge in [0.15, 0.2) is 0 Å². The lowest BCUT2D eigenvalue weighted by Crippen LogP contribution is -2.15. The van der Waals surface area contributed by atoms with E-state index in [1.54, 1.807) is 22.7 Å². The lowest BCUT2D eigenvalue weighted by atomic mass is 9.86. The summed E-state index contributed by atoms with van der Waals surface area (Å²) in [6, 6.07) is 72.7. The number of thiophene rings is 2. The minimum atomic E-state index is -0.114. The molecule has 0 saturated carbocycles. The molecule has 0 unspecified atom stereocenters. The van der Waals surface area contributed by atoms with Crippen LogP contribution in [0.1, 0.15) is 58.2 Å². The second-order valence-corrected chi connectivity index (χ2v) is 26.3. The molecular formula is C75H57ClN2O4S2. The zero-order valence-corrected chi connectivity index (χ0v) is 49.9. The maximum Gasteiger partial charge on any atom is 0.135 e. The maximum atomic E-state index is 8.50. The molecule has 9 heteroatoms. The van der Waals surface area contributed by atoms with Crippen LogP contribution in [-0.2, 0) is 10.8 Å². The Morgan fingerprint density at radius 2 is 0.679 bits per heavy atom. The van der Waals surface area contributed by atoms with E-state index in [2.05, 4.69) is 202 Å².